The van der Waals surface area contributed by atoms with E-state index < -0.39 is 11.8 Å². The molecule has 9 nitrogen and oxygen atoms in total. The molecule has 0 bridgehead atoms. The molecular formula is C24H25N3O6. The van der Waals surface area contributed by atoms with E-state index in [2.05, 4.69) is 10.2 Å². The second-order valence-electron chi connectivity index (χ2n) is 8.09. The number of fused-ring (bicyclic) bond motifs is 1. The molecule has 2 heterocycles. The maximum atomic E-state index is 12.4. The molecule has 2 aromatic carbocycles. The van der Waals surface area contributed by atoms with E-state index in [1.54, 1.807) is 6.07 Å². The number of carbonyl (C=O) groups excluding carboxylic acids is 2. The van der Waals surface area contributed by atoms with E-state index in [-0.39, 0.29) is 30.0 Å². The van der Waals surface area contributed by atoms with E-state index in [1.807, 2.05) is 26.0 Å². The molecule has 0 saturated carbocycles. The van der Waals surface area contributed by atoms with Crippen LogP contribution >= 0.6 is 0 Å². The van der Waals surface area contributed by atoms with Gasteiger partial charge in [-0.05, 0) is 68.1 Å². The van der Waals surface area contributed by atoms with Gasteiger partial charge in [0.2, 0.25) is 11.8 Å². The molecule has 1 atom stereocenters. The largest absolute Gasteiger partial charge is 0.494 e. The topological polar surface area (TPSA) is 123 Å². The zero-order valence-corrected chi connectivity index (χ0v) is 18.4. The number of hydrogen-bond donors (Lipinski definition) is 2. The monoisotopic (exact) mass is 451 g/mol. The lowest BCUT2D eigenvalue weighted by molar-refractivity contribution is -0.120. The van der Waals surface area contributed by atoms with Gasteiger partial charge >= 0.3 is 5.91 Å². The highest BCUT2D eigenvalue weighted by Gasteiger charge is 2.23. The number of aromatic nitrogens is 1. The van der Waals surface area contributed by atoms with Crippen LogP contribution in [0.4, 0.5) is 0 Å². The van der Waals surface area contributed by atoms with Gasteiger partial charge in [0.05, 0.1) is 12.6 Å². The average molecular weight is 451 g/mol. The maximum Gasteiger partial charge on any atom is 0.302 e. The van der Waals surface area contributed by atoms with Crippen LogP contribution in [0, 0.1) is 13.8 Å². The van der Waals surface area contributed by atoms with Gasteiger partial charge in [0.1, 0.15) is 5.75 Å². The third kappa shape index (κ3) is 4.88. The van der Waals surface area contributed by atoms with E-state index in [9.17, 15) is 19.8 Å². The summed E-state index contributed by atoms with van der Waals surface area (Å²) in [5.74, 6) is -1.19. The molecule has 1 unspecified atom stereocenters. The molecule has 172 valence electrons. The first-order chi connectivity index (χ1) is 15.8. The van der Waals surface area contributed by atoms with Gasteiger partial charge in [-0.1, -0.05) is 6.07 Å². The summed E-state index contributed by atoms with van der Waals surface area (Å²) in [6.07, 6.45) is 1.69. The highest BCUT2D eigenvalue weighted by molar-refractivity contribution is 6.02. The predicted octanol–water partition coefficient (Wildman–Crippen LogP) is 4.05. The van der Waals surface area contributed by atoms with Gasteiger partial charge in [-0.25, -0.2) is 0 Å². The summed E-state index contributed by atoms with van der Waals surface area (Å²) in [6.45, 7) is 4.53. The summed E-state index contributed by atoms with van der Waals surface area (Å²) in [4.78, 5) is 24.4. The summed E-state index contributed by atoms with van der Waals surface area (Å²) in [6, 6.07) is 9.83. The van der Waals surface area contributed by atoms with Crippen molar-refractivity contribution in [2.75, 3.05) is 13.2 Å². The number of hydrogen-bond acceptors (Lipinski definition) is 6. The Kier molecular flexibility index (Phi) is 6.41. The van der Waals surface area contributed by atoms with Crippen LogP contribution in [-0.2, 0) is 16.1 Å². The molecule has 1 aliphatic rings. The number of aromatic hydroxyl groups is 2. The van der Waals surface area contributed by atoms with Crippen molar-refractivity contribution < 1.29 is 29.3 Å². The fourth-order valence-corrected chi connectivity index (χ4v) is 3.75. The van der Waals surface area contributed by atoms with E-state index in [0.29, 0.717) is 29.7 Å². The number of azo groups is 1. The van der Waals surface area contributed by atoms with E-state index in [0.717, 1.165) is 24.0 Å². The van der Waals surface area contributed by atoms with Crippen LogP contribution < -0.4 is 4.74 Å². The molecule has 0 aliphatic carbocycles. The third-order valence-corrected chi connectivity index (χ3v) is 5.76. The molecule has 2 amide bonds. The van der Waals surface area contributed by atoms with Crippen LogP contribution in [0.15, 0.2) is 46.6 Å². The standard InChI is InChI=1S/C24H25N3O6/c1-14-5-7-17(10-15(14)2)33-13-21(28)25-26-22(29)16-6-8-19-20(11-16)24(31)27(23(19)30)12-18-4-3-9-32-18/h5-8,10-11,18,30-31H,3-4,9,12-13H2,1-2H3. The molecule has 3 aromatic rings. The number of ether oxygens (including phenoxy) is 2. The fraction of sp³-hybridized carbons (Fsp3) is 0.333. The highest BCUT2D eigenvalue weighted by Crippen LogP contribution is 2.37. The fourth-order valence-electron chi connectivity index (χ4n) is 3.75. The van der Waals surface area contributed by atoms with Crippen LogP contribution in [-0.4, -0.2) is 45.9 Å². The third-order valence-electron chi connectivity index (χ3n) is 5.76. The molecule has 2 N–H and O–H groups in total. The first kappa shape index (κ1) is 22.5. The van der Waals surface area contributed by atoms with Crippen molar-refractivity contribution >= 4 is 22.6 Å². The second kappa shape index (κ2) is 9.41. The second-order valence-corrected chi connectivity index (χ2v) is 8.09. The lowest BCUT2D eigenvalue weighted by Gasteiger charge is -2.12. The number of nitrogens with zero attached hydrogens (tertiary/aromatic N) is 3. The molecule has 1 saturated heterocycles. The summed E-state index contributed by atoms with van der Waals surface area (Å²) < 4.78 is 12.3. The van der Waals surface area contributed by atoms with Gasteiger partial charge in [-0.3, -0.25) is 14.2 Å². The number of amides is 2. The number of benzene rings is 2. The first-order valence-corrected chi connectivity index (χ1v) is 10.7. The lowest BCUT2D eigenvalue weighted by atomic mass is 10.1. The minimum Gasteiger partial charge on any atom is -0.494 e. The van der Waals surface area contributed by atoms with Crippen LogP contribution in [0.3, 0.4) is 0 Å². The Morgan fingerprint density at radius 2 is 1.85 bits per heavy atom. The SMILES string of the molecule is Cc1ccc(OCC(=O)N=NC(=O)c2ccc3c(O)n(CC4CCCO4)c(O)c3c2)cc1C. The molecular weight excluding hydrogens is 426 g/mol. The van der Waals surface area contributed by atoms with Crippen LogP contribution in [0.25, 0.3) is 10.8 Å². The van der Waals surface area contributed by atoms with Crippen molar-refractivity contribution in [2.45, 2.75) is 39.3 Å². The van der Waals surface area contributed by atoms with Gasteiger partial charge in [0.15, 0.2) is 6.61 Å². The van der Waals surface area contributed by atoms with Crippen molar-refractivity contribution in [2.24, 2.45) is 10.2 Å². The van der Waals surface area contributed by atoms with Crippen LogP contribution in [0.2, 0.25) is 0 Å². The van der Waals surface area contributed by atoms with Crippen molar-refractivity contribution in [1.29, 1.82) is 0 Å². The summed E-state index contributed by atoms with van der Waals surface area (Å²) >= 11 is 0. The smallest absolute Gasteiger partial charge is 0.302 e. The molecule has 9 heteroatoms. The molecule has 1 aliphatic heterocycles. The van der Waals surface area contributed by atoms with Gasteiger partial charge in [0, 0.05) is 22.9 Å². The lowest BCUT2D eigenvalue weighted by Crippen LogP contribution is -2.14. The van der Waals surface area contributed by atoms with Crippen molar-refractivity contribution in [3.05, 3.63) is 53.1 Å². The number of aryl methyl sites for hydroxylation is 2. The Hall–Kier alpha value is -3.72. The average Bonchev–Trinajstić information content (AvgIpc) is 3.41. The predicted molar refractivity (Wildman–Crippen MR) is 120 cm³/mol. The molecule has 1 aromatic heterocycles. The quantitative estimate of drug-likeness (QED) is 0.545. The van der Waals surface area contributed by atoms with E-state index in [4.69, 9.17) is 9.47 Å². The van der Waals surface area contributed by atoms with Crippen LogP contribution in [0.1, 0.15) is 34.3 Å². The Labute approximate surface area is 190 Å². The minimum atomic E-state index is -0.748. The Morgan fingerprint density at radius 1 is 1.06 bits per heavy atom. The summed E-state index contributed by atoms with van der Waals surface area (Å²) in [5.41, 5.74) is 2.27. The normalized spacial score (nSPS) is 16.0. The molecule has 1 fully saturated rings. The van der Waals surface area contributed by atoms with E-state index >= 15 is 0 Å². The van der Waals surface area contributed by atoms with Crippen LogP contribution in [0.5, 0.6) is 17.5 Å². The van der Waals surface area contributed by atoms with Crippen molar-refractivity contribution in [3.63, 3.8) is 0 Å². The van der Waals surface area contributed by atoms with E-state index in [1.165, 1.54) is 22.8 Å². The van der Waals surface area contributed by atoms with Crippen molar-refractivity contribution in [3.8, 4) is 17.5 Å². The first-order valence-electron chi connectivity index (χ1n) is 10.7. The number of carbonyl (C=O) groups is 2. The summed E-state index contributed by atoms with van der Waals surface area (Å²) in [5, 5.41) is 28.7. The molecule has 0 spiro atoms. The molecule has 0 radical (unpaired) electrons. The minimum absolute atomic E-state index is 0.0874. The summed E-state index contributed by atoms with van der Waals surface area (Å²) in [7, 11) is 0. The van der Waals surface area contributed by atoms with Gasteiger partial charge in [-0.2, -0.15) is 0 Å². The van der Waals surface area contributed by atoms with Gasteiger partial charge in [-0.15, -0.1) is 10.2 Å². The molecule has 33 heavy (non-hydrogen) atoms. The Bertz CT molecular complexity index is 1240. The zero-order valence-electron chi connectivity index (χ0n) is 18.4. The van der Waals surface area contributed by atoms with Gasteiger partial charge in [0.25, 0.3) is 5.91 Å². The Balaban J connectivity index is 1.43. The van der Waals surface area contributed by atoms with Gasteiger partial charge < -0.3 is 19.7 Å². The number of rotatable bonds is 6. The van der Waals surface area contributed by atoms with Crippen molar-refractivity contribution in [1.82, 2.24) is 4.57 Å². The molecule has 4 rings (SSSR count). The Morgan fingerprint density at radius 3 is 2.58 bits per heavy atom. The zero-order chi connectivity index (χ0) is 23.5. The maximum absolute atomic E-state index is 12.4. The highest BCUT2D eigenvalue weighted by atomic mass is 16.5.